The van der Waals surface area contributed by atoms with Crippen molar-refractivity contribution in [2.45, 2.75) is 18.9 Å². The molecule has 76 valence electrons. The Labute approximate surface area is 83.4 Å². The topological polar surface area (TPSA) is 61.8 Å². The van der Waals surface area contributed by atoms with Crippen molar-refractivity contribution in [1.29, 1.82) is 0 Å². The first-order chi connectivity index (χ1) is 6.77. The first kappa shape index (κ1) is 9.27. The summed E-state index contributed by atoms with van der Waals surface area (Å²) >= 11 is 0. The van der Waals surface area contributed by atoms with Gasteiger partial charge in [-0.1, -0.05) is 0 Å². The van der Waals surface area contributed by atoms with Crippen LogP contribution < -0.4 is 5.73 Å². The van der Waals surface area contributed by atoms with Crippen LogP contribution in [0.1, 0.15) is 12.8 Å². The Hall–Kier alpha value is -1.29. The second-order valence-corrected chi connectivity index (χ2v) is 3.64. The molecule has 0 saturated carbocycles. The molecule has 1 atom stereocenters. The van der Waals surface area contributed by atoms with Gasteiger partial charge < -0.3 is 15.7 Å². The van der Waals surface area contributed by atoms with Gasteiger partial charge in [0.1, 0.15) is 11.9 Å². The summed E-state index contributed by atoms with van der Waals surface area (Å²) in [6.45, 7) is 2.14. The predicted molar refractivity (Wildman–Crippen MR) is 55.7 cm³/mol. The number of amidine groups is 1. The molecule has 2 aliphatic rings. The summed E-state index contributed by atoms with van der Waals surface area (Å²) in [4.78, 5) is 6.05. The van der Waals surface area contributed by atoms with Crippen molar-refractivity contribution >= 4 is 5.84 Å². The summed E-state index contributed by atoms with van der Waals surface area (Å²) in [5.74, 6) is 0.276. The van der Waals surface area contributed by atoms with E-state index in [1.807, 2.05) is 6.20 Å². The first-order valence-electron chi connectivity index (χ1n) is 4.91. The molecule has 0 spiro atoms. The van der Waals surface area contributed by atoms with Gasteiger partial charge in [-0.25, -0.2) is 4.99 Å². The van der Waals surface area contributed by atoms with Crippen LogP contribution in [0.15, 0.2) is 29.0 Å². The van der Waals surface area contributed by atoms with Gasteiger partial charge in [0, 0.05) is 31.1 Å². The summed E-state index contributed by atoms with van der Waals surface area (Å²) in [6, 6.07) is 0. The molecule has 0 aliphatic carbocycles. The zero-order chi connectivity index (χ0) is 9.97. The highest BCUT2D eigenvalue weighted by Crippen LogP contribution is 2.15. The molecule has 0 aromatic rings. The summed E-state index contributed by atoms with van der Waals surface area (Å²) in [6.07, 6.45) is 7.14. The molecule has 0 aromatic heterocycles. The van der Waals surface area contributed by atoms with E-state index < -0.39 is 6.10 Å². The molecule has 2 rings (SSSR count). The van der Waals surface area contributed by atoms with Crippen LogP contribution in [0.3, 0.4) is 0 Å². The molecule has 0 amide bonds. The zero-order valence-electron chi connectivity index (χ0n) is 8.06. The second-order valence-electron chi connectivity index (χ2n) is 3.64. The zero-order valence-corrected chi connectivity index (χ0v) is 8.06. The molecule has 1 saturated heterocycles. The number of hydrogen-bond acceptors (Lipinski definition) is 4. The smallest absolute Gasteiger partial charge is 0.137 e. The lowest BCUT2D eigenvalue weighted by Crippen LogP contribution is -2.32. The first-order valence-corrected chi connectivity index (χ1v) is 4.91. The van der Waals surface area contributed by atoms with Crippen LogP contribution in [0.4, 0.5) is 0 Å². The highest BCUT2D eigenvalue weighted by molar-refractivity contribution is 5.89. The molecule has 14 heavy (non-hydrogen) atoms. The summed E-state index contributed by atoms with van der Waals surface area (Å²) in [5.41, 5.74) is 6.37. The number of aliphatic hydroxyl groups excluding tert-OH is 1. The van der Waals surface area contributed by atoms with E-state index in [0.29, 0.717) is 0 Å². The van der Waals surface area contributed by atoms with E-state index in [2.05, 4.69) is 9.89 Å². The maximum absolute atomic E-state index is 9.70. The van der Waals surface area contributed by atoms with Gasteiger partial charge in [0.15, 0.2) is 0 Å². The Morgan fingerprint density at radius 3 is 2.93 bits per heavy atom. The van der Waals surface area contributed by atoms with Crippen molar-refractivity contribution < 1.29 is 5.11 Å². The number of aliphatic hydroxyl groups is 1. The number of rotatable bonds is 1. The average molecular weight is 193 g/mol. The molecule has 2 heterocycles. The monoisotopic (exact) mass is 193 g/mol. The highest BCUT2D eigenvalue weighted by Gasteiger charge is 2.17. The summed E-state index contributed by atoms with van der Waals surface area (Å²) in [5, 5.41) is 9.70. The Kier molecular flexibility index (Phi) is 2.54. The van der Waals surface area contributed by atoms with E-state index in [1.165, 1.54) is 12.8 Å². The number of likely N-dealkylation sites (tertiary alicyclic amines) is 1. The van der Waals surface area contributed by atoms with Crippen molar-refractivity contribution in [1.82, 2.24) is 4.90 Å². The molecule has 0 aromatic carbocycles. The maximum atomic E-state index is 9.70. The van der Waals surface area contributed by atoms with Gasteiger partial charge in [-0.15, -0.1) is 0 Å². The molecule has 4 heteroatoms. The lowest BCUT2D eigenvalue weighted by atomic mass is 10.1. The SMILES string of the molecule is NC1=NC=CC(=CN2CCCC2)C1O. The lowest BCUT2D eigenvalue weighted by Gasteiger charge is -2.18. The van der Waals surface area contributed by atoms with Crippen molar-refractivity contribution in [2.75, 3.05) is 13.1 Å². The van der Waals surface area contributed by atoms with Crippen LogP contribution in [-0.4, -0.2) is 35.0 Å². The molecule has 0 radical (unpaired) electrons. The van der Waals surface area contributed by atoms with E-state index >= 15 is 0 Å². The van der Waals surface area contributed by atoms with Crippen molar-refractivity contribution in [3.8, 4) is 0 Å². The fourth-order valence-corrected chi connectivity index (χ4v) is 1.74. The van der Waals surface area contributed by atoms with Crippen molar-refractivity contribution in [2.24, 2.45) is 10.7 Å². The van der Waals surface area contributed by atoms with E-state index in [9.17, 15) is 5.11 Å². The molecular formula is C10H15N3O. The van der Waals surface area contributed by atoms with Crippen molar-refractivity contribution in [3.05, 3.63) is 24.0 Å². The minimum absolute atomic E-state index is 0.276. The minimum atomic E-state index is -0.736. The van der Waals surface area contributed by atoms with Crippen LogP contribution in [0.25, 0.3) is 0 Å². The van der Waals surface area contributed by atoms with Crippen molar-refractivity contribution in [3.63, 3.8) is 0 Å². The van der Waals surface area contributed by atoms with Crippen LogP contribution in [0, 0.1) is 0 Å². The Bertz CT molecular complexity index is 300. The van der Waals surface area contributed by atoms with Gasteiger partial charge in [-0.05, 0) is 18.9 Å². The Morgan fingerprint density at radius 1 is 1.50 bits per heavy atom. The van der Waals surface area contributed by atoms with Gasteiger partial charge in [-0.3, -0.25) is 0 Å². The third kappa shape index (κ3) is 1.80. The largest absolute Gasteiger partial charge is 0.385 e. The lowest BCUT2D eigenvalue weighted by molar-refractivity contribution is 0.274. The number of nitrogens with two attached hydrogens (primary N) is 1. The van der Waals surface area contributed by atoms with E-state index in [1.54, 1.807) is 12.3 Å². The highest BCUT2D eigenvalue weighted by atomic mass is 16.3. The Morgan fingerprint density at radius 2 is 2.21 bits per heavy atom. The third-order valence-electron chi connectivity index (χ3n) is 2.56. The normalized spacial score (nSPS) is 29.8. The quantitative estimate of drug-likeness (QED) is 0.626. The van der Waals surface area contributed by atoms with Crippen LogP contribution in [0.5, 0.6) is 0 Å². The molecule has 2 aliphatic heterocycles. The molecule has 3 N–H and O–H groups in total. The average Bonchev–Trinajstić information content (AvgIpc) is 2.66. The standard InChI is InChI=1S/C10H15N3O/c11-10-9(14)8(3-4-12-10)7-13-5-1-2-6-13/h3-4,7,9,14H,1-2,5-6H2,(H2,11,12). The van der Waals surface area contributed by atoms with E-state index in [-0.39, 0.29) is 5.84 Å². The van der Waals surface area contributed by atoms with Crippen LogP contribution in [0.2, 0.25) is 0 Å². The summed E-state index contributed by atoms with van der Waals surface area (Å²) in [7, 11) is 0. The van der Waals surface area contributed by atoms with Gasteiger partial charge >= 0.3 is 0 Å². The third-order valence-corrected chi connectivity index (χ3v) is 2.56. The molecule has 0 bridgehead atoms. The molecule has 4 nitrogen and oxygen atoms in total. The fourth-order valence-electron chi connectivity index (χ4n) is 1.74. The molecular weight excluding hydrogens is 178 g/mol. The van der Waals surface area contributed by atoms with Gasteiger partial charge in [-0.2, -0.15) is 0 Å². The van der Waals surface area contributed by atoms with Gasteiger partial charge in [0.05, 0.1) is 0 Å². The van der Waals surface area contributed by atoms with E-state index in [0.717, 1.165) is 18.7 Å². The fraction of sp³-hybridized carbons (Fsp3) is 0.500. The summed E-state index contributed by atoms with van der Waals surface area (Å²) < 4.78 is 0. The minimum Gasteiger partial charge on any atom is -0.385 e. The second kappa shape index (κ2) is 3.84. The van der Waals surface area contributed by atoms with Crippen LogP contribution >= 0.6 is 0 Å². The predicted octanol–water partition coefficient (Wildman–Crippen LogP) is 0.212. The molecule has 1 fully saturated rings. The maximum Gasteiger partial charge on any atom is 0.137 e. The number of aliphatic imine (C=N–C) groups is 1. The van der Waals surface area contributed by atoms with Gasteiger partial charge in [0.25, 0.3) is 0 Å². The number of nitrogens with zero attached hydrogens (tertiary/aromatic N) is 2. The van der Waals surface area contributed by atoms with Gasteiger partial charge in [0.2, 0.25) is 0 Å². The van der Waals surface area contributed by atoms with E-state index in [4.69, 9.17) is 5.73 Å². The van der Waals surface area contributed by atoms with Crippen LogP contribution in [-0.2, 0) is 0 Å². The number of hydrogen-bond donors (Lipinski definition) is 2. The Balaban J connectivity index is 2.10. The molecule has 1 unspecified atom stereocenters.